The lowest BCUT2D eigenvalue weighted by Gasteiger charge is -2.23. The van der Waals surface area contributed by atoms with E-state index in [0.717, 1.165) is 21.0 Å². The molecule has 0 amide bonds. The fourth-order valence-corrected chi connectivity index (χ4v) is 3.63. The molecule has 1 nitrogen and oxygen atoms in total. The van der Waals surface area contributed by atoms with Crippen LogP contribution in [0.4, 0.5) is 35.1 Å². The molecule has 0 heterocycles. The van der Waals surface area contributed by atoms with Crippen molar-refractivity contribution in [1.82, 2.24) is 0 Å². The number of rotatable bonds is 4. The molecule has 0 N–H and O–H groups in total. The lowest BCUT2D eigenvalue weighted by atomic mass is 9.35. The maximum Gasteiger partial charge on any atom is 0.254 e. The summed E-state index contributed by atoms with van der Waals surface area (Å²) in [4.78, 5) is 0. The van der Waals surface area contributed by atoms with Gasteiger partial charge in [-0.1, -0.05) is 0 Å². The van der Waals surface area contributed by atoms with Crippen LogP contribution in [0.1, 0.15) is 11.1 Å². The van der Waals surface area contributed by atoms with Gasteiger partial charge in [0.2, 0.25) is 0 Å². The van der Waals surface area contributed by atoms with E-state index in [-0.39, 0.29) is 12.1 Å². The largest absolute Gasteiger partial charge is 0.494 e. The highest BCUT2D eigenvalue weighted by atomic mass is 19.2. The standard InChI is InChI=1S/C21H13BF8O/c1-8-17(12(24)6-14(26)19(8)29)22(11-4-10(23)5-16(28)21(11)31-3)18-9(2)20(30)15(27)7-13(18)25/h4-7H,1-3H3. The molecule has 0 atom stereocenters. The fraction of sp³-hybridized carbons (Fsp3) is 0.143. The molecular weight excluding hydrogens is 431 g/mol. The molecule has 0 aliphatic rings. The summed E-state index contributed by atoms with van der Waals surface area (Å²) in [7, 11) is 0.986. The Morgan fingerprint density at radius 1 is 0.613 bits per heavy atom. The molecule has 3 rings (SSSR count). The Hall–Kier alpha value is -3.04. The third-order valence-electron chi connectivity index (χ3n) is 5.04. The number of benzene rings is 3. The van der Waals surface area contributed by atoms with Crippen molar-refractivity contribution in [3.05, 3.63) is 81.9 Å². The van der Waals surface area contributed by atoms with Gasteiger partial charge in [0.15, 0.2) is 29.1 Å². The van der Waals surface area contributed by atoms with Crippen LogP contribution in [0.5, 0.6) is 5.75 Å². The van der Waals surface area contributed by atoms with Crippen LogP contribution in [0.2, 0.25) is 0 Å². The summed E-state index contributed by atoms with van der Waals surface area (Å²) in [5.41, 5.74) is -3.30. The van der Waals surface area contributed by atoms with Gasteiger partial charge in [-0.3, -0.25) is 0 Å². The van der Waals surface area contributed by atoms with Crippen LogP contribution >= 0.6 is 0 Å². The summed E-state index contributed by atoms with van der Waals surface area (Å²) in [6.07, 6.45) is 0. The Morgan fingerprint density at radius 3 is 1.48 bits per heavy atom. The molecule has 0 fully saturated rings. The van der Waals surface area contributed by atoms with Gasteiger partial charge in [0.1, 0.15) is 23.2 Å². The highest BCUT2D eigenvalue weighted by molar-refractivity contribution is 6.96. The van der Waals surface area contributed by atoms with Gasteiger partial charge < -0.3 is 4.74 Å². The number of hydrogen-bond donors (Lipinski definition) is 0. The van der Waals surface area contributed by atoms with E-state index < -0.39 is 86.5 Å². The van der Waals surface area contributed by atoms with Crippen molar-refractivity contribution < 1.29 is 39.9 Å². The summed E-state index contributed by atoms with van der Waals surface area (Å²) in [5.74, 6) is -12.0. The molecule has 3 aromatic carbocycles. The second-order valence-corrected chi connectivity index (χ2v) is 6.83. The molecule has 0 aliphatic heterocycles. The van der Waals surface area contributed by atoms with Crippen molar-refractivity contribution >= 4 is 23.1 Å². The zero-order valence-electron chi connectivity index (χ0n) is 16.3. The second kappa shape index (κ2) is 8.24. The van der Waals surface area contributed by atoms with Crippen molar-refractivity contribution in [1.29, 1.82) is 0 Å². The molecule has 0 aromatic heterocycles. The average Bonchev–Trinajstić information content (AvgIpc) is 2.68. The van der Waals surface area contributed by atoms with E-state index in [1.165, 1.54) is 0 Å². The van der Waals surface area contributed by atoms with Crippen LogP contribution < -0.4 is 21.1 Å². The highest BCUT2D eigenvalue weighted by Gasteiger charge is 2.37. The number of methoxy groups -OCH3 is 1. The molecule has 0 bridgehead atoms. The van der Waals surface area contributed by atoms with Gasteiger partial charge in [-0.2, -0.15) is 0 Å². The second-order valence-electron chi connectivity index (χ2n) is 6.83. The number of hydrogen-bond acceptors (Lipinski definition) is 1. The predicted molar refractivity (Wildman–Crippen MR) is 99.7 cm³/mol. The monoisotopic (exact) mass is 444 g/mol. The minimum Gasteiger partial charge on any atom is -0.494 e. The topological polar surface area (TPSA) is 9.23 Å². The van der Waals surface area contributed by atoms with Gasteiger partial charge in [0.25, 0.3) is 6.71 Å². The molecular formula is C21H13BF8O. The normalized spacial score (nSPS) is 11.1. The van der Waals surface area contributed by atoms with E-state index in [1.807, 2.05) is 0 Å². The smallest absolute Gasteiger partial charge is 0.254 e. The van der Waals surface area contributed by atoms with Gasteiger partial charge in [-0.05, 0) is 47.4 Å². The first kappa shape index (κ1) is 22.6. The minimum absolute atomic E-state index is 0.167. The molecule has 0 radical (unpaired) electrons. The summed E-state index contributed by atoms with van der Waals surface area (Å²) < 4.78 is 119. The Balaban J connectivity index is 2.54. The Labute approximate surface area is 172 Å². The SMILES string of the molecule is COc1c(F)cc(F)cc1B(c1c(F)cc(F)c(F)c1C)c1c(F)cc(F)c(F)c1C. The highest BCUT2D eigenvalue weighted by Crippen LogP contribution is 2.21. The molecule has 0 saturated heterocycles. The van der Waals surface area contributed by atoms with E-state index in [2.05, 4.69) is 0 Å². The van der Waals surface area contributed by atoms with E-state index in [0.29, 0.717) is 12.1 Å². The Kier molecular flexibility index (Phi) is 6.02. The third kappa shape index (κ3) is 3.75. The van der Waals surface area contributed by atoms with Crippen LogP contribution in [0.3, 0.4) is 0 Å². The lowest BCUT2D eigenvalue weighted by molar-refractivity contribution is 0.387. The van der Waals surface area contributed by atoms with Crippen LogP contribution in [0.15, 0.2) is 24.3 Å². The number of halogens is 8. The first-order valence-corrected chi connectivity index (χ1v) is 8.80. The molecule has 0 spiro atoms. The molecule has 10 heteroatoms. The van der Waals surface area contributed by atoms with Crippen LogP contribution in [0.25, 0.3) is 0 Å². The van der Waals surface area contributed by atoms with Gasteiger partial charge in [0, 0.05) is 18.2 Å². The van der Waals surface area contributed by atoms with Crippen LogP contribution in [-0.4, -0.2) is 13.8 Å². The summed E-state index contributed by atoms with van der Waals surface area (Å²) >= 11 is 0. The van der Waals surface area contributed by atoms with Gasteiger partial charge in [-0.25, -0.2) is 35.1 Å². The van der Waals surface area contributed by atoms with Crippen LogP contribution in [-0.2, 0) is 0 Å². The molecule has 3 aromatic rings. The van der Waals surface area contributed by atoms with E-state index in [9.17, 15) is 35.1 Å². The van der Waals surface area contributed by atoms with Crippen molar-refractivity contribution in [3.63, 3.8) is 0 Å². The molecule has 162 valence electrons. The first-order valence-electron chi connectivity index (χ1n) is 8.80. The maximum atomic E-state index is 14.9. The van der Waals surface area contributed by atoms with E-state index in [1.54, 1.807) is 0 Å². The summed E-state index contributed by atoms with van der Waals surface area (Å²) in [6, 6.07) is 1.43. The molecule has 31 heavy (non-hydrogen) atoms. The molecule has 0 saturated carbocycles. The van der Waals surface area contributed by atoms with Crippen molar-refractivity contribution in [2.24, 2.45) is 0 Å². The van der Waals surface area contributed by atoms with Gasteiger partial charge in [-0.15, -0.1) is 0 Å². The van der Waals surface area contributed by atoms with E-state index in [4.69, 9.17) is 4.74 Å². The predicted octanol–water partition coefficient (Wildman–Crippen LogP) is 3.94. The van der Waals surface area contributed by atoms with Gasteiger partial charge in [0.05, 0.1) is 7.11 Å². The molecule has 0 aliphatic carbocycles. The zero-order valence-corrected chi connectivity index (χ0v) is 16.3. The minimum atomic E-state index is -1.91. The van der Waals surface area contributed by atoms with Gasteiger partial charge >= 0.3 is 0 Å². The Bertz CT molecular complexity index is 1130. The summed E-state index contributed by atoms with van der Waals surface area (Å²) in [6.45, 7) is 0.00312. The Morgan fingerprint density at radius 2 is 1.06 bits per heavy atom. The maximum absolute atomic E-state index is 14.9. The lowest BCUT2D eigenvalue weighted by Crippen LogP contribution is -2.57. The zero-order chi connectivity index (χ0) is 23.2. The van der Waals surface area contributed by atoms with E-state index >= 15 is 0 Å². The van der Waals surface area contributed by atoms with Crippen LogP contribution in [0, 0.1) is 60.4 Å². The fourth-order valence-electron chi connectivity index (χ4n) is 3.63. The summed E-state index contributed by atoms with van der Waals surface area (Å²) in [5, 5.41) is 0. The molecule has 0 unspecified atom stereocenters. The van der Waals surface area contributed by atoms with Crippen molar-refractivity contribution in [2.75, 3.05) is 7.11 Å². The van der Waals surface area contributed by atoms with Crippen molar-refractivity contribution in [3.8, 4) is 5.75 Å². The average molecular weight is 444 g/mol. The van der Waals surface area contributed by atoms with Crippen molar-refractivity contribution in [2.45, 2.75) is 13.8 Å². The quantitative estimate of drug-likeness (QED) is 0.337. The number of ether oxygens (including phenoxy) is 1. The first-order chi connectivity index (χ1) is 14.5. The third-order valence-corrected chi connectivity index (χ3v) is 5.04.